The number of rotatable bonds is 5. The van der Waals surface area contributed by atoms with Gasteiger partial charge in [-0.3, -0.25) is 0 Å². The number of hydrogen-bond acceptors (Lipinski definition) is 6. The quantitative estimate of drug-likeness (QED) is 0.741. The molecule has 1 fully saturated rings. The third kappa shape index (κ3) is 3.01. The Labute approximate surface area is 112 Å². The molecule has 0 N–H and O–H groups in total. The first-order valence-electron chi connectivity index (χ1n) is 6.40. The summed E-state index contributed by atoms with van der Waals surface area (Å²) in [5.74, 6) is 0.837. The van der Waals surface area contributed by atoms with Crippen LogP contribution in [0.4, 0.5) is 5.95 Å². The van der Waals surface area contributed by atoms with E-state index in [-0.39, 0.29) is 5.97 Å². The Morgan fingerprint density at radius 2 is 2.26 bits per heavy atom. The van der Waals surface area contributed by atoms with Gasteiger partial charge in [-0.1, -0.05) is 0 Å². The fourth-order valence-electron chi connectivity index (χ4n) is 2.09. The second kappa shape index (κ2) is 5.97. The van der Waals surface area contributed by atoms with Crippen LogP contribution in [0.2, 0.25) is 0 Å². The number of hydrogen-bond donors (Lipinski definition) is 0. The van der Waals surface area contributed by atoms with Crippen molar-refractivity contribution in [2.75, 3.05) is 38.3 Å². The predicted molar refractivity (Wildman–Crippen MR) is 70.3 cm³/mol. The third-order valence-electron chi connectivity index (χ3n) is 3.10. The van der Waals surface area contributed by atoms with Crippen LogP contribution < -0.4 is 4.90 Å². The van der Waals surface area contributed by atoms with Gasteiger partial charge >= 0.3 is 5.97 Å². The molecule has 1 saturated heterocycles. The molecule has 2 heterocycles. The van der Waals surface area contributed by atoms with Crippen molar-refractivity contribution in [1.82, 2.24) is 9.97 Å². The van der Waals surface area contributed by atoms with Gasteiger partial charge in [0.1, 0.15) is 0 Å². The molecule has 104 valence electrons. The molecule has 6 nitrogen and oxygen atoms in total. The zero-order chi connectivity index (χ0) is 13.8. The first-order valence-corrected chi connectivity index (χ1v) is 6.40. The lowest BCUT2D eigenvalue weighted by atomic mass is 10.0. The molecule has 0 saturated carbocycles. The van der Waals surface area contributed by atoms with Crippen LogP contribution >= 0.6 is 0 Å². The number of methoxy groups -OCH3 is 1. The fraction of sp³-hybridized carbons (Fsp3) is 0.615. The van der Waals surface area contributed by atoms with Gasteiger partial charge < -0.3 is 14.4 Å². The number of carbonyl (C=O) groups excluding carboxylic acids is 1. The van der Waals surface area contributed by atoms with Crippen LogP contribution in [-0.4, -0.2) is 49.4 Å². The van der Waals surface area contributed by atoms with Crippen molar-refractivity contribution in [3.8, 4) is 0 Å². The lowest BCUT2D eigenvalue weighted by molar-refractivity contribution is 0.0524. The van der Waals surface area contributed by atoms with E-state index in [4.69, 9.17) is 9.47 Å². The number of aromatic nitrogens is 2. The molecule has 1 aliphatic rings. The van der Waals surface area contributed by atoms with Crippen LogP contribution in [0, 0.1) is 12.8 Å². The number of carbonyl (C=O) groups is 1. The van der Waals surface area contributed by atoms with Crippen molar-refractivity contribution in [3.05, 3.63) is 17.5 Å². The van der Waals surface area contributed by atoms with Crippen molar-refractivity contribution in [3.63, 3.8) is 0 Å². The van der Waals surface area contributed by atoms with Gasteiger partial charge in [-0.15, -0.1) is 0 Å². The van der Waals surface area contributed by atoms with E-state index in [2.05, 4.69) is 14.9 Å². The van der Waals surface area contributed by atoms with Crippen molar-refractivity contribution in [1.29, 1.82) is 0 Å². The molecule has 0 amide bonds. The summed E-state index contributed by atoms with van der Waals surface area (Å²) in [5, 5.41) is 0. The standard InChI is InChI=1S/C13H19N3O3/c1-4-19-12(17)11-5-14-13(15-9(11)2)16-6-10(7-16)8-18-3/h5,10H,4,6-8H2,1-3H3. The smallest absolute Gasteiger partial charge is 0.341 e. The Balaban J connectivity index is 2.02. The molecule has 6 heteroatoms. The molecule has 0 aromatic carbocycles. The minimum atomic E-state index is -0.368. The van der Waals surface area contributed by atoms with Crippen molar-refractivity contribution in [2.24, 2.45) is 5.92 Å². The molecule has 1 aromatic rings. The Hall–Kier alpha value is -1.69. The first-order chi connectivity index (χ1) is 9.15. The van der Waals surface area contributed by atoms with Crippen LogP contribution in [0.3, 0.4) is 0 Å². The topological polar surface area (TPSA) is 64.5 Å². The van der Waals surface area contributed by atoms with E-state index < -0.39 is 0 Å². The summed E-state index contributed by atoms with van der Waals surface area (Å²) in [5.41, 5.74) is 1.08. The Kier molecular flexibility index (Phi) is 4.31. The van der Waals surface area contributed by atoms with Gasteiger partial charge in [0.2, 0.25) is 5.95 Å². The maximum Gasteiger partial charge on any atom is 0.341 e. The predicted octanol–water partition coefficient (Wildman–Crippen LogP) is 1.04. The van der Waals surface area contributed by atoms with Gasteiger partial charge in [-0.25, -0.2) is 14.8 Å². The summed E-state index contributed by atoms with van der Waals surface area (Å²) in [6, 6.07) is 0. The van der Waals surface area contributed by atoms with Crippen LogP contribution in [-0.2, 0) is 9.47 Å². The largest absolute Gasteiger partial charge is 0.462 e. The molecule has 0 spiro atoms. The van der Waals surface area contributed by atoms with E-state index >= 15 is 0 Å². The van der Waals surface area contributed by atoms with E-state index in [1.807, 2.05) is 0 Å². The fourth-order valence-corrected chi connectivity index (χ4v) is 2.09. The molecule has 0 atom stereocenters. The summed E-state index contributed by atoms with van der Waals surface area (Å²) in [6.45, 7) is 6.47. The molecule has 0 radical (unpaired) electrons. The second-order valence-electron chi connectivity index (χ2n) is 4.62. The van der Waals surface area contributed by atoms with Gasteiger partial charge in [0.25, 0.3) is 0 Å². The average molecular weight is 265 g/mol. The highest BCUT2D eigenvalue weighted by molar-refractivity contribution is 5.90. The van der Waals surface area contributed by atoms with Gasteiger partial charge in [-0.2, -0.15) is 0 Å². The molecule has 1 aromatic heterocycles. The van der Waals surface area contributed by atoms with Crippen molar-refractivity contribution < 1.29 is 14.3 Å². The number of esters is 1. The van der Waals surface area contributed by atoms with Gasteiger partial charge in [0, 0.05) is 32.3 Å². The molecule has 0 aliphatic carbocycles. The van der Waals surface area contributed by atoms with Gasteiger partial charge in [0.15, 0.2) is 0 Å². The van der Waals surface area contributed by atoms with Gasteiger partial charge in [0.05, 0.1) is 24.5 Å². The van der Waals surface area contributed by atoms with Crippen LogP contribution in [0.15, 0.2) is 6.20 Å². The molecular weight excluding hydrogens is 246 g/mol. The molecule has 1 aliphatic heterocycles. The van der Waals surface area contributed by atoms with E-state index in [1.165, 1.54) is 0 Å². The molecule has 0 unspecified atom stereocenters. The summed E-state index contributed by atoms with van der Waals surface area (Å²) in [4.78, 5) is 22.3. The monoisotopic (exact) mass is 265 g/mol. The van der Waals surface area contributed by atoms with Crippen LogP contribution in [0.5, 0.6) is 0 Å². The minimum Gasteiger partial charge on any atom is -0.462 e. The van der Waals surface area contributed by atoms with E-state index in [9.17, 15) is 4.79 Å². The Morgan fingerprint density at radius 3 is 2.84 bits per heavy atom. The zero-order valence-electron chi connectivity index (χ0n) is 11.5. The molecular formula is C13H19N3O3. The molecule has 0 bridgehead atoms. The zero-order valence-corrected chi connectivity index (χ0v) is 11.5. The normalized spacial score (nSPS) is 15.2. The summed E-state index contributed by atoms with van der Waals surface area (Å²) >= 11 is 0. The second-order valence-corrected chi connectivity index (χ2v) is 4.62. The number of aryl methyl sites for hydroxylation is 1. The van der Waals surface area contributed by atoms with Crippen molar-refractivity contribution >= 4 is 11.9 Å². The first kappa shape index (κ1) is 13.7. The summed E-state index contributed by atoms with van der Waals surface area (Å²) in [7, 11) is 1.71. The third-order valence-corrected chi connectivity index (χ3v) is 3.10. The minimum absolute atomic E-state index is 0.352. The Morgan fingerprint density at radius 1 is 1.53 bits per heavy atom. The summed E-state index contributed by atoms with van der Waals surface area (Å²) in [6.07, 6.45) is 1.54. The number of ether oxygens (including phenoxy) is 2. The maximum atomic E-state index is 11.6. The van der Waals surface area contributed by atoms with E-state index in [1.54, 1.807) is 27.2 Å². The maximum absolute atomic E-state index is 11.6. The highest BCUT2D eigenvalue weighted by atomic mass is 16.5. The summed E-state index contributed by atoms with van der Waals surface area (Å²) < 4.78 is 10.1. The van der Waals surface area contributed by atoms with Crippen LogP contribution in [0.25, 0.3) is 0 Å². The SMILES string of the molecule is CCOC(=O)c1cnc(N2CC(COC)C2)nc1C. The van der Waals surface area contributed by atoms with Crippen molar-refractivity contribution in [2.45, 2.75) is 13.8 Å². The molecule has 2 rings (SSSR count). The Bertz CT molecular complexity index is 458. The highest BCUT2D eigenvalue weighted by Gasteiger charge is 2.29. The van der Waals surface area contributed by atoms with Gasteiger partial charge in [-0.05, 0) is 13.8 Å². The molecule has 19 heavy (non-hydrogen) atoms. The average Bonchev–Trinajstić information content (AvgIpc) is 2.33. The van der Waals surface area contributed by atoms with Crippen LogP contribution in [0.1, 0.15) is 23.0 Å². The lowest BCUT2D eigenvalue weighted by Gasteiger charge is -2.38. The number of anilines is 1. The van der Waals surface area contributed by atoms with E-state index in [0.717, 1.165) is 19.7 Å². The van der Waals surface area contributed by atoms with E-state index in [0.29, 0.717) is 29.7 Å². The highest BCUT2D eigenvalue weighted by Crippen LogP contribution is 2.22. The number of nitrogens with zero attached hydrogens (tertiary/aromatic N) is 3. The lowest BCUT2D eigenvalue weighted by Crippen LogP contribution is -2.49.